The molecule has 0 N–H and O–H groups in total. The van der Waals surface area contributed by atoms with Gasteiger partial charge in [0.05, 0.1) is 0 Å². The molecule has 0 amide bonds. The third-order valence-corrected chi connectivity index (χ3v) is 8.29. The van der Waals surface area contributed by atoms with Gasteiger partial charge in [-0.1, -0.05) is 12.8 Å². The van der Waals surface area contributed by atoms with Crippen LogP contribution in [0.15, 0.2) is 0 Å². The second kappa shape index (κ2) is 4.95. The minimum Gasteiger partial charge on any atom is -0.396 e. The zero-order valence-corrected chi connectivity index (χ0v) is 10.8. The Kier molecular flexibility index (Phi) is 3.82. The summed E-state index contributed by atoms with van der Waals surface area (Å²) in [6.45, 7) is 0.888. The molecule has 1 unspecified atom stereocenters. The number of hydrogen-bond acceptors (Lipinski definition) is 3. The number of rotatable bonds is 4. The van der Waals surface area contributed by atoms with Crippen molar-refractivity contribution in [2.45, 2.75) is 49.8 Å². The first-order chi connectivity index (χ1) is 7.33. The summed E-state index contributed by atoms with van der Waals surface area (Å²) in [6, 6.07) is 0. The van der Waals surface area contributed by atoms with Gasteiger partial charge < -0.3 is 13.6 Å². The van der Waals surface area contributed by atoms with Crippen LogP contribution in [0.5, 0.6) is 0 Å². The van der Waals surface area contributed by atoms with Crippen molar-refractivity contribution in [1.29, 1.82) is 0 Å². The maximum atomic E-state index is 5.85. The molecule has 0 aromatic carbocycles. The maximum absolute atomic E-state index is 5.85. The summed E-state index contributed by atoms with van der Waals surface area (Å²) in [5.41, 5.74) is 0.922. The van der Waals surface area contributed by atoms with E-state index in [-0.39, 0.29) is 5.73 Å². The first kappa shape index (κ1) is 11.6. The van der Waals surface area contributed by atoms with Crippen LogP contribution in [-0.2, 0) is 13.6 Å². The third kappa shape index (κ3) is 2.00. The van der Waals surface area contributed by atoms with Crippen LogP contribution in [0.25, 0.3) is 0 Å². The van der Waals surface area contributed by atoms with E-state index in [1.807, 2.05) is 14.2 Å². The first-order valence-electron chi connectivity index (χ1n) is 6.05. The molecule has 4 heteroatoms. The third-order valence-electron chi connectivity index (χ3n) is 3.94. The van der Waals surface area contributed by atoms with Gasteiger partial charge in [0, 0.05) is 26.4 Å². The van der Waals surface area contributed by atoms with E-state index in [0.29, 0.717) is 5.54 Å². The molecule has 15 heavy (non-hydrogen) atoms. The van der Waals surface area contributed by atoms with E-state index in [2.05, 4.69) is 0 Å². The van der Waals surface area contributed by atoms with Gasteiger partial charge in [0.1, 0.15) is 5.73 Å². The molecule has 0 aromatic heterocycles. The van der Waals surface area contributed by atoms with Crippen molar-refractivity contribution in [3.63, 3.8) is 0 Å². The second-order valence-electron chi connectivity index (χ2n) is 4.61. The second-order valence-corrected chi connectivity index (χ2v) is 8.33. The molecule has 1 atom stereocenters. The topological polar surface area (TPSA) is 27.7 Å². The molecule has 0 bridgehead atoms. The zero-order chi connectivity index (χ0) is 10.7. The largest absolute Gasteiger partial charge is 0.396 e. The van der Waals surface area contributed by atoms with Crippen LogP contribution in [0.4, 0.5) is 0 Å². The Bertz CT molecular complexity index is 176. The summed E-state index contributed by atoms with van der Waals surface area (Å²) in [6.07, 6.45) is 7.50. The van der Waals surface area contributed by atoms with Crippen molar-refractivity contribution in [3.05, 3.63) is 0 Å². The Balaban J connectivity index is 2.13. The van der Waals surface area contributed by atoms with Gasteiger partial charge in [0.15, 0.2) is 0 Å². The van der Waals surface area contributed by atoms with E-state index in [0.717, 1.165) is 13.0 Å². The van der Waals surface area contributed by atoms with Gasteiger partial charge in [-0.05, 0) is 25.7 Å². The highest BCUT2D eigenvalue weighted by atomic mass is 28.4. The molecular formula is C11H22O3Si. The molecule has 0 spiro atoms. The highest BCUT2D eigenvalue weighted by Gasteiger charge is 2.53. The van der Waals surface area contributed by atoms with Crippen LogP contribution in [0, 0.1) is 0 Å². The SMILES string of the molecule is CO[Si](OC)(C1CCCC1)C1CCCO1. The van der Waals surface area contributed by atoms with Crippen LogP contribution >= 0.6 is 0 Å². The predicted octanol–water partition coefficient (Wildman–Crippen LogP) is 2.38. The average Bonchev–Trinajstić information content (AvgIpc) is 2.92. The van der Waals surface area contributed by atoms with Crippen molar-refractivity contribution in [2.75, 3.05) is 20.8 Å². The Labute approximate surface area is 93.3 Å². The smallest absolute Gasteiger partial charge is 0.370 e. The van der Waals surface area contributed by atoms with Crippen LogP contribution in [0.3, 0.4) is 0 Å². The summed E-state index contributed by atoms with van der Waals surface area (Å²) in [5.74, 6) is 0. The molecule has 1 saturated carbocycles. The Morgan fingerprint density at radius 3 is 2.13 bits per heavy atom. The van der Waals surface area contributed by atoms with Gasteiger partial charge in [0.25, 0.3) is 0 Å². The fraction of sp³-hybridized carbons (Fsp3) is 1.00. The van der Waals surface area contributed by atoms with E-state index >= 15 is 0 Å². The summed E-state index contributed by atoms with van der Waals surface area (Å²) >= 11 is 0. The van der Waals surface area contributed by atoms with E-state index in [1.165, 1.54) is 32.1 Å². The summed E-state index contributed by atoms with van der Waals surface area (Å²) < 4.78 is 17.5. The van der Waals surface area contributed by atoms with Crippen molar-refractivity contribution < 1.29 is 13.6 Å². The molecule has 3 nitrogen and oxygen atoms in total. The molecule has 88 valence electrons. The molecule has 2 aliphatic rings. The minimum absolute atomic E-state index is 0.274. The fourth-order valence-electron chi connectivity index (χ4n) is 3.17. The zero-order valence-electron chi connectivity index (χ0n) is 9.83. The van der Waals surface area contributed by atoms with Gasteiger partial charge in [-0.3, -0.25) is 0 Å². The van der Waals surface area contributed by atoms with E-state index in [1.54, 1.807) is 0 Å². The summed E-state index contributed by atoms with van der Waals surface area (Å²) in [4.78, 5) is 0. The maximum Gasteiger partial charge on any atom is 0.370 e. The number of ether oxygens (including phenoxy) is 1. The average molecular weight is 230 g/mol. The van der Waals surface area contributed by atoms with Crippen molar-refractivity contribution in [2.24, 2.45) is 0 Å². The van der Waals surface area contributed by atoms with Gasteiger partial charge in [-0.15, -0.1) is 0 Å². The van der Waals surface area contributed by atoms with Gasteiger partial charge in [-0.2, -0.15) is 0 Å². The van der Waals surface area contributed by atoms with Crippen LogP contribution in [0.1, 0.15) is 38.5 Å². The molecule has 1 aliphatic heterocycles. The van der Waals surface area contributed by atoms with Gasteiger partial charge in [-0.25, -0.2) is 0 Å². The van der Waals surface area contributed by atoms with Crippen molar-refractivity contribution in [1.82, 2.24) is 0 Å². The van der Waals surface area contributed by atoms with Crippen LogP contribution in [0.2, 0.25) is 5.54 Å². The monoisotopic (exact) mass is 230 g/mol. The normalized spacial score (nSPS) is 28.8. The predicted molar refractivity (Wildman–Crippen MR) is 61.0 cm³/mol. The lowest BCUT2D eigenvalue weighted by atomic mass is 10.4. The molecule has 0 aromatic rings. The van der Waals surface area contributed by atoms with Gasteiger partial charge in [0.2, 0.25) is 0 Å². The van der Waals surface area contributed by atoms with Crippen LogP contribution < -0.4 is 0 Å². The molecule has 2 rings (SSSR count). The standard InChI is InChI=1S/C11H22O3Si/c1-12-15(13-2,10-6-3-4-7-10)11-8-5-9-14-11/h10-11H,3-9H2,1-2H3. The van der Waals surface area contributed by atoms with E-state index < -0.39 is 8.56 Å². The molecule has 1 saturated heterocycles. The quantitative estimate of drug-likeness (QED) is 0.694. The molecular weight excluding hydrogens is 208 g/mol. The summed E-state index contributed by atoms with van der Waals surface area (Å²) in [5, 5.41) is 0. The Morgan fingerprint density at radius 2 is 1.67 bits per heavy atom. The molecule has 2 fully saturated rings. The lowest BCUT2D eigenvalue weighted by molar-refractivity contribution is 0.0966. The Hall–Kier alpha value is 0.0969. The van der Waals surface area contributed by atoms with E-state index in [4.69, 9.17) is 13.6 Å². The van der Waals surface area contributed by atoms with Crippen molar-refractivity contribution >= 4 is 8.56 Å². The molecule has 1 aliphatic carbocycles. The van der Waals surface area contributed by atoms with E-state index in [9.17, 15) is 0 Å². The lowest BCUT2D eigenvalue weighted by Gasteiger charge is -2.36. The number of hydrogen-bond donors (Lipinski definition) is 0. The highest BCUT2D eigenvalue weighted by molar-refractivity contribution is 6.70. The fourth-order valence-corrected chi connectivity index (χ4v) is 7.22. The summed E-state index contributed by atoms with van der Waals surface area (Å²) in [7, 11) is 1.53. The van der Waals surface area contributed by atoms with Crippen molar-refractivity contribution in [3.8, 4) is 0 Å². The minimum atomic E-state index is -2.10. The first-order valence-corrected chi connectivity index (χ1v) is 8.02. The molecule has 1 heterocycles. The highest BCUT2D eigenvalue weighted by Crippen LogP contribution is 2.43. The lowest BCUT2D eigenvalue weighted by Crippen LogP contribution is -2.55. The van der Waals surface area contributed by atoms with Crippen LogP contribution in [-0.4, -0.2) is 35.1 Å². The molecule has 0 radical (unpaired) electrons. The van der Waals surface area contributed by atoms with Gasteiger partial charge >= 0.3 is 8.56 Å². The Morgan fingerprint density at radius 1 is 1.00 bits per heavy atom.